The molecule has 1 aromatic heterocycles. The van der Waals surface area contributed by atoms with Gasteiger partial charge in [0.15, 0.2) is 5.69 Å². The summed E-state index contributed by atoms with van der Waals surface area (Å²) in [7, 11) is 0. The van der Waals surface area contributed by atoms with Crippen LogP contribution in [0.4, 0.5) is 0 Å². The Balaban J connectivity index is 2.76. The van der Waals surface area contributed by atoms with E-state index in [4.69, 9.17) is 9.84 Å². The van der Waals surface area contributed by atoms with E-state index in [0.29, 0.717) is 17.7 Å². The zero-order chi connectivity index (χ0) is 12.4. The third kappa shape index (κ3) is 1.99. The van der Waals surface area contributed by atoms with Crippen LogP contribution in [0.3, 0.4) is 0 Å². The maximum absolute atomic E-state index is 10.9. The topological polar surface area (TPSA) is 79.7 Å². The number of ether oxygens (including phenoxy) is 1. The fourth-order valence-corrected chi connectivity index (χ4v) is 1.59. The van der Waals surface area contributed by atoms with E-state index < -0.39 is 5.97 Å². The van der Waals surface area contributed by atoms with E-state index in [1.807, 2.05) is 0 Å². The van der Waals surface area contributed by atoms with Gasteiger partial charge >= 0.3 is 5.97 Å². The van der Waals surface area contributed by atoms with Crippen molar-refractivity contribution in [3.05, 3.63) is 30.0 Å². The fourth-order valence-electron chi connectivity index (χ4n) is 1.59. The minimum atomic E-state index is -1.16. The summed E-state index contributed by atoms with van der Waals surface area (Å²) in [6.45, 7) is 2.21. The van der Waals surface area contributed by atoms with Crippen molar-refractivity contribution in [1.82, 2.24) is 4.98 Å². The molecule has 0 fully saturated rings. The molecule has 0 saturated heterocycles. The van der Waals surface area contributed by atoms with E-state index in [-0.39, 0.29) is 17.0 Å². The molecule has 0 aliphatic rings. The Morgan fingerprint density at radius 2 is 2.24 bits per heavy atom. The molecule has 88 valence electrons. The first-order valence-corrected chi connectivity index (χ1v) is 5.12. The zero-order valence-corrected chi connectivity index (χ0v) is 9.17. The van der Waals surface area contributed by atoms with E-state index in [0.717, 1.165) is 0 Å². The normalized spacial score (nSPS) is 10.4. The zero-order valence-electron chi connectivity index (χ0n) is 9.17. The highest BCUT2D eigenvalue weighted by molar-refractivity contribution is 5.95. The van der Waals surface area contributed by atoms with Gasteiger partial charge in [0.2, 0.25) is 0 Å². The van der Waals surface area contributed by atoms with Gasteiger partial charge in [0.05, 0.1) is 6.61 Å². The van der Waals surface area contributed by atoms with Crippen molar-refractivity contribution in [2.24, 2.45) is 0 Å². The van der Waals surface area contributed by atoms with Crippen LogP contribution in [0.5, 0.6) is 11.5 Å². The van der Waals surface area contributed by atoms with E-state index in [1.165, 1.54) is 12.1 Å². The number of hydrogen-bond acceptors (Lipinski definition) is 4. The molecule has 0 saturated carbocycles. The van der Waals surface area contributed by atoms with Gasteiger partial charge in [-0.05, 0) is 19.1 Å². The highest BCUT2D eigenvalue weighted by Gasteiger charge is 2.13. The van der Waals surface area contributed by atoms with Gasteiger partial charge in [-0.3, -0.25) is 0 Å². The Labute approximate surface area is 97.3 Å². The summed E-state index contributed by atoms with van der Waals surface area (Å²) in [5, 5.41) is 19.2. The second-order valence-corrected chi connectivity index (χ2v) is 3.42. The molecular weight excluding hydrogens is 222 g/mol. The van der Waals surface area contributed by atoms with Crippen LogP contribution in [0.2, 0.25) is 0 Å². The molecule has 0 aliphatic heterocycles. The van der Waals surface area contributed by atoms with Gasteiger partial charge < -0.3 is 14.9 Å². The van der Waals surface area contributed by atoms with Crippen LogP contribution in [0.1, 0.15) is 17.4 Å². The Hall–Kier alpha value is -2.30. The van der Waals surface area contributed by atoms with Crippen molar-refractivity contribution in [2.45, 2.75) is 6.92 Å². The molecule has 17 heavy (non-hydrogen) atoms. The summed E-state index contributed by atoms with van der Waals surface area (Å²) in [6, 6.07) is 6.19. The van der Waals surface area contributed by atoms with Crippen molar-refractivity contribution < 1.29 is 19.7 Å². The summed E-state index contributed by atoms with van der Waals surface area (Å²) in [5.74, 6) is -0.812. The quantitative estimate of drug-likeness (QED) is 0.847. The lowest BCUT2D eigenvalue weighted by molar-refractivity contribution is 0.0690. The van der Waals surface area contributed by atoms with E-state index in [9.17, 15) is 9.90 Å². The Morgan fingerprint density at radius 3 is 2.88 bits per heavy atom. The van der Waals surface area contributed by atoms with Crippen molar-refractivity contribution >= 4 is 16.9 Å². The van der Waals surface area contributed by atoms with Gasteiger partial charge in [-0.2, -0.15) is 0 Å². The molecule has 0 spiro atoms. The fraction of sp³-hybridized carbons (Fsp3) is 0.167. The molecule has 0 atom stereocenters. The van der Waals surface area contributed by atoms with Gasteiger partial charge in [0, 0.05) is 11.5 Å². The second kappa shape index (κ2) is 4.29. The molecule has 5 nitrogen and oxygen atoms in total. The smallest absolute Gasteiger partial charge is 0.354 e. The molecule has 5 heteroatoms. The summed E-state index contributed by atoms with van der Waals surface area (Å²) < 4.78 is 5.35. The maximum Gasteiger partial charge on any atom is 0.354 e. The number of aromatic nitrogens is 1. The number of carboxylic acids is 1. The van der Waals surface area contributed by atoms with E-state index in [2.05, 4.69) is 4.98 Å². The lowest BCUT2D eigenvalue weighted by Gasteiger charge is -2.09. The number of phenols is 1. The summed E-state index contributed by atoms with van der Waals surface area (Å²) in [6.07, 6.45) is 0. The molecular formula is C12H11NO4. The van der Waals surface area contributed by atoms with Crippen LogP contribution >= 0.6 is 0 Å². The van der Waals surface area contributed by atoms with Gasteiger partial charge in [-0.15, -0.1) is 0 Å². The highest BCUT2D eigenvalue weighted by Crippen LogP contribution is 2.30. The molecule has 2 N–H and O–H groups in total. The second-order valence-electron chi connectivity index (χ2n) is 3.42. The number of para-hydroxylation sites is 1. The number of carbonyl (C=O) groups is 1. The van der Waals surface area contributed by atoms with Gasteiger partial charge in [0.1, 0.15) is 17.0 Å². The molecule has 0 unspecified atom stereocenters. The predicted molar refractivity (Wildman–Crippen MR) is 61.5 cm³/mol. The highest BCUT2D eigenvalue weighted by atomic mass is 16.5. The van der Waals surface area contributed by atoms with Crippen LogP contribution < -0.4 is 4.74 Å². The molecule has 1 aromatic carbocycles. The van der Waals surface area contributed by atoms with Gasteiger partial charge in [-0.25, -0.2) is 9.78 Å². The number of aromatic carboxylic acids is 1. The van der Waals surface area contributed by atoms with Crippen LogP contribution in [-0.4, -0.2) is 27.8 Å². The van der Waals surface area contributed by atoms with Gasteiger partial charge in [0.25, 0.3) is 0 Å². The predicted octanol–water partition coefficient (Wildman–Crippen LogP) is 2.04. The first kappa shape index (κ1) is 11.2. The third-order valence-electron chi connectivity index (χ3n) is 2.30. The standard InChI is InChI=1S/C12H11NO4/c1-2-17-10-6-8(12(15)16)13-11-7(10)4-3-5-9(11)14/h3-6,14H,2H2,1H3,(H,15,16). The van der Waals surface area contributed by atoms with Crippen LogP contribution in [-0.2, 0) is 0 Å². The number of pyridine rings is 1. The monoisotopic (exact) mass is 233 g/mol. The van der Waals surface area contributed by atoms with Crippen LogP contribution in [0.25, 0.3) is 10.9 Å². The summed E-state index contributed by atoms with van der Waals surface area (Å²) >= 11 is 0. The SMILES string of the molecule is CCOc1cc(C(=O)O)nc2c(O)cccc12. The Bertz CT molecular complexity index is 580. The molecule has 1 heterocycles. The number of benzene rings is 1. The molecule has 2 aromatic rings. The van der Waals surface area contributed by atoms with Crippen molar-refractivity contribution in [1.29, 1.82) is 0 Å². The number of fused-ring (bicyclic) bond motifs is 1. The molecule has 0 radical (unpaired) electrons. The third-order valence-corrected chi connectivity index (χ3v) is 2.30. The molecule has 0 aliphatic carbocycles. The minimum absolute atomic E-state index is 0.0634. The van der Waals surface area contributed by atoms with Crippen molar-refractivity contribution in [3.8, 4) is 11.5 Å². The lowest BCUT2D eigenvalue weighted by atomic mass is 10.1. The van der Waals surface area contributed by atoms with E-state index >= 15 is 0 Å². The Kier molecular flexibility index (Phi) is 2.82. The van der Waals surface area contributed by atoms with Crippen molar-refractivity contribution in [2.75, 3.05) is 6.61 Å². The maximum atomic E-state index is 10.9. The minimum Gasteiger partial charge on any atom is -0.506 e. The molecule has 2 rings (SSSR count). The number of rotatable bonds is 3. The average molecular weight is 233 g/mol. The first-order chi connectivity index (χ1) is 8.13. The van der Waals surface area contributed by atoms with Crippen LogP contribution in [0, 0.1) is 0 Å². The largest absolute Gasteiger partial charge is 0.506 e. The number of phenolic OH excluding ortho intramolecular Hbond substituents is 1. The number of carboxylic acid groups (broad SMARTS) is 1. The van der Waals surface area contributed by atoms with Crippen molar-refractivity contribution in [3.63, 3.8) is 0 Å². The first-order valence-electron chi connectivity index (χ1n) is 5.12. The number of aromatic hydroxyl groups is 1. The molecule has 0 bridgehead atoms. The number of hydrogen-bond donors (Lipinski definition) is 2. The molecule has 0 amide bonds. The number of nitrogens with zero attached hydrogens (tertiary/aromatic N) is 1. The Morgan fingerprint density at radius 1 is 1.47 bits per heavy atom. The lowest BCUT2D eigenvalue weighted by Crippen LogP contribution is -2.03. The summed E-state index contributed by atoms with van der Waals surface area (Å²) in [5.41, 5.74) is 0.0818. The van der Waals surface area contributed by atoms with Gasteiger partial charge in [-0.1, -0.05) is 6.07 Å². The van der Waals surface area contributed by atoms with E-state index in [1.54, 1.807) is 19.1 Å². The van der Waals surface area contributed by atoms with Crippen LogP contribution in [0.15, 0.2) is 24.3 Å². The summed E-state index contributed by atoms with van der Waals surface area (Å²) in [4.78, 5) is 14.8. The average Bonchev–Trinajstić information content (AvgIpc) is 2.30.